The van der Waals surface area contributed by atoms with E-state index in [2.05, 4.69) is 4.98 Å². The predicted octanol–water partition coefficient (Wildman–Crippen LogP) is 2.41. The molecule has 0 unspecified atom stereocenters. The molecular formula is C11H17NO3. The van der Waals surface area contributed by atoms with Crippen LogP contribution in [0.2, 0.25) is 0 Å². The summed E-state index contributed by atoms with van der Waals surface area (Å²) < 4.78 is 4.84. The van der Waals surface area contributed by atoms with Crippen molar-refractivity contribution < 1.29 is 14.6 Å². The zero-order valence-electron chi connectivity index (χ0n) is 9.57. The summed E-state index contributed by atoms with van der Waals surface area (Å²) in [5, 5.41) is 9.48. The Morgan fingerprint density at radius 1 is 1.53 bits per heavy atom. The number of Topliss-reactive ketones (excluding diaryl/α,β-unsaturated/α-hetero) is 1. The maximum absolute atomic E-state index is 11.2. The van der Waals surface area contributed by atoms with Gasteiger partial charge in [-0.15, -0.1) is 0 Å². The van der Waals surface area contributed by atoms with Crippen LogP contribution in [-0.2, 0) is 0 Å². The van der Waals surface area contributed by atoms with E-state index >= 15 is 0 Å². The number of carbonyl (C=O) groups excluding carboxylic acids is 1. The molecule has 0 saturated heterocycles. The van der Waals surface area contributed by atoms with Gasteiger partial charge in [0.25, 0.3) is 0 Å². The molecule has 0 aliphatic rings. The third kappa shape index (κ3) is 3.23. The van der Waals surface area contributed by atoms with Crippen LogP contribution < -0.4 is 4.74 Å². The van der Waals surface area contributed by atoms with Gasteiger partial charge in [0.2, 0.25) is 0 Å². The lowest BCUT2D eigenvalue weighted by molar-refractivity contribution is 0.0980. The van der Waals surface area contributed by atoms with E-state index in [1.807, 2.05) is 13.8 Å². The third-order valence-electron chi connectivity index (χ3n) is 1.69. The van der Waals surface area contributed by atoms with Crippen LogP contribution in [0, 0.1) is 0 Å². The highest BCUT2D eigenvalue weighted by atomic mass is 16.5. The van der Waals surface area contributed by atoms with Crippen molar-refractivity contribution in [2.24, 2.45) is 0 Å². The monoisotopic (exact) mass is 211 g/mol. The Kier molecular flexibility index (Phi) is 6.09. The van der Waals surface area contributed by atoms with Gasteiger partial charge in [0, 0.05) is 18.7 Å². The van der Waals surface area contributed by atoms with Crippen molar-refractivity contribution in [3.05, 3.63) is 18.0 Å². The van der Waals surface area contributed by atoms with Gasteiger partial charge in [-0.05, 0) is 0 Å². The average molecular weight is 211 g/mol. The number of nitrogens with zero attached hydrogens (tertiary/aromatic N) is 1. The Bertz CT molecular complexity index is 324. The van der Waals surface area contributed by atoms with Gasteiger partial charge in [0.1, 0.15) is 0 Å². The van der Waals surface area contributed by atoms with Gasteiger partial charge in [0.05, 0.1) is 7.11 Å². The molecule has 0 spiro atoms. The molecule has 0 atom stereocenters. The van der Waals surface area contributed by atoms with Crippen molar-refractivity contribution in [2.75, 3.05) is 7.11 Å². The minimum Gasteiger partial charge on any atom is -0.503 e. The molecule has 0 aromatic carbocycles. The van der Waals surface area contributed by atoms with Crippen molar-refractivity contribution in [1.82, 2.24) is 4.98 Å². The van der Waals surface area contributed by atoms with Crippen molar-refractivity contribution >= 4 is 5.78 Å². The highest BCUT2D eigenvalue weighted by molar-refractivity contribution is 5.97. The molecule has 0 aliphatic carbocycles. The average Bonchev–Trinajstić information content (AvgIpc) is 2.31. The Labute approximate surface area is 89.9 Å². The smallest absolute Gasteiger partial charge is 0.187 e. The maximum atomic E-state index is 11.2. The van der Waals surface area contributed by atoms with Gasteiger partial charge in [-0.2, -0.15) is 0 Å². The summed E-state index contributed by atoms with van der Waals surface area (Å²) in [7, 11) is 1.43. The molecule has 1 aromatic heterocycles. The molecule has 0 amide bonds. The summed E-state index contributed by atoms with van der Waals surface area (Å²) in [5.41, 5.74) is 0.0712. The third-order valence-corrected chi connectivity index (χ3v) is 1.69. The number of rotatable bonds is 3. The van der Waals surface area contributed by atoms with E-state index < -0.39 is 0 Å². The van der Waals surface area contributed by atoms with Gasteiger partial charge in [-0.3, -0.25) is 4.79 Å². The Hall–Kier alpha value is -1.58. The number of ketones is 1. The lowest BCUT2D eigenvalue weighted by Gasteiger charge is -2.05. The minimum atomic E-state index is -0.198. The second-order valence-electron chi connectivity index (χ2n) is 2.49. The zero-order chi connectivity index (χ0) is 11.8. The molecular weight excluding hydrogens is 194 g/mol. The van der Waals surface area contributed by atoms with E-state index in [1.165, 1.54) is 19.4 Å². The first-order valence-electron chi connectivity index (χ1n) is 4.95. The summed E-state index contributed by atoms with van der Waals surface area (Å²) in [6.07, 6.45) is 1.75. The molecule has 1 N–H and O–H groups in total. The van der Waals surface area contributed by atoms with Crippen molar-refractivity contribution in [2.45, 2.75) is 27.2 Å². The normalized spacial score (nSPS) is 8.80. The molecule has 0 aliphatic heterocycles. The van der Waals surface area contributed by atoms with Gasteiger partial charge in [-0.25, -0.2) is 4.98 Å². The number of hydrogen-bond acceptors (Lipinski definition) is 4. The van der Waals surface area contributed by atoms with E-state index in [4.69, 9.17) is 4.74 Å². The van der Waals surface area contributed by atoms with E-state index in [-0.39, 0.29) is 23.0 Å². The van der Waals surface area contributed by atoms with Gasteiger partial charge >= 0.3 is 0 Å². The summed E-state index contributed by atoms with van der Waals surface area (Å²) in [4.78, 5) is 15.0. The van der Waals surface area contributed by atoms with Crippen LogP contribution in [0.1, 0.15) is 37.7 Å². The fourth-order valence-electron chi connectivity index (χ4n) is 0.972. The SMILES string of the molecule is CC.CCC(=O)c1nccc(OC)c1O. The first-order chi connectivity index (χ1) is 7.20. The predicted molar refractivity (Wildman–Crippen MR) is 58.4 cm³/mol. The second-order valence-corrected chi connectivity index (χ2v) is 2.49. The molecule has 0 saturated carbocycles. The summed E-state index contributed by atoms with van der Waals surface area (Å²) in [6, 6.07) is 1.50. The van der Waals surface area contributed by atoms with Crippen molar-refractivity contribution in [3.63, 3.8) is 0 Å². The summed E-state index contributed by atoms with van der Waals surface area (Å²) in [6.45, 7) is 5.71. The van der Waals surface area contributed by atoms with Crippen LogP contribution in [0.5, 0.6) is 11.5 Å². The number of hydrogen-bond donors (Lipinski definition) is 1. The highest BCUT2D eigenvalue weighted by Gasteiger charge is 2.14. The molecule has 1 heterocycles. The van der Waals surface area contributed by atoms with Gasteiger partial charge in [-0.1, -0.05) is 20.8 Å². The van der Waals surface area contributed by atoms with Crippen LogP contribution in [0.15, 0.2) is 12.3 Å². The van der Waals surface area contributed by atoms with Gasteiger partial charge in [0.15, 0.2) is 23.0 Å². The standard InChI is InChI=1S/C9H11NO3.C2H6/c1-3-6(11)8-9(12)7(13-2)4-5-10-8;1-2/h4-5,12H,3H2,1-2H3;1-2H3. The lowest BCUT2D eigenvalue weighted by atomic mass is 10.2. The Morgan fingerprint density at radius 2 is 2.13 bits per heavy atom. The second kappa shape index (κ2) is 6.81. The Balaban J connectivity index is 0.000000921. The molecule has 4 heteroatoms. The number of methoxy groups -OCH3 is 1. The van der Waals surface area contributed by atoms with Crippen molar-refractivity contribution in [1.29, 1.82) is 0 Å². The maximum Gasteiger partial charge on any atom is 0.187 e. The number of aromatic nitrogens is 1. The molecule has 0 fully saturated rings. The molecule has 4 nitrogen and oxygen atoms in total. The molecule has 0 radical (unpaired) electrons. The minimum absolute atomic E-state index is 0.0712. The van der Waals surface area contributed by atoms with Crippen LogP contribution in [0.25, 0.3) is 0 Å². The first-order valence-corrected chi connectivity index (χ1v) is 4.95. The molecule has 84 valence electrons. The fraction of sp³-hybridized carbons (Fsp3) is 0.455. The van der Waals surface area contributed by atoms with Crippen LogP contribution >= 0.6 is 0 Å². The van der Waals surface area contributed by atoms with E-state index in [9.17, 15) is 9.90 Å². The quantitative estimate of drug-likeness (QED) is 0.780. The van der Waals surface area contributed by atoms with E-state index in [1.54, 1.807) is 6.92 Å². The van der Waals surface area contributed by atoms with E-state index in [0.29, 0.717) is 6.42 Å². The topological polar surface area (TPSA) is 59.4 Å². The molecule has 1 rings (SSSR count). The lowest BCUT2D eigenvalue weighted by Crippen LogP contribution is -2.01. The molecule has 0 bridgehead atoms. The molecule has 1 aromatic rings. The first kappa shape index (κ1) is 13.4. The van der Waals surface area contributed by atoms with Crippen LogP contribution in [0.3, 0.4) is 0 Å². The van der Waals surface area contributed by atoms with Crippen molar-refractivity contribution in [3.8, 4) is 11.5 Å². The number of carbonyl (C=O) groups is 1. The number of aromatic hydroxyl groups is 1. The summed E-state index contributed by atoms with van der Waals surface area (Å²) >= 11 is 0. The zero-order valence-corrected chi connectivity index (χ0v) is 9.57. The highest BCUT2D eigenvalue weighted by Crippen LogP contribution is 2.28. The molecule has 15 heavy (non-hydrogen) atoms. The van der Waals surface area contributed by atoms with Crippen LogP contribution in [-0.4, -0.2) is 23.0 Å². The Morgan fingerprint density at radius 3 is 2.60 bits per heavy atom. The number of pyridine rings is 1. The summed E-state index contributed by atoms with van der Waals surface area (Å²) in [5.74, 6) is -0.111. The fourth-order valence-corrected chi connectivity index (χ4v) is 0.972. The van der Waals surface area contributed by atoms with E-state index in [0.717, 1.165) is 0 Å². The number of ether oxygens (including phenoxy) is 1. The van der Waals surface area contributed by atoms with Gasteiger partial charge < -0.3 is 9.84 Å². The largest absolute Gasteiger partial charge is 0.503 e. The van der Waals surface area contributed by atoms with Crippen LogP contribution in [0.4, 0.5) is 0 Å².